The predicted molar refractivity (Wildman–Crippen MR) is 134 cm³/mol. The van der Waals surface area contributed by atoms with Crippen LogP contribution in [0.3, 0.4) is 0 Å². The fourth-order valence-electron chi connectivity index (χ4n) is 3.80. The summed E-state index contributed by atoms with van der Waals surface area (Å²) < 4.78 is 7.04. The Hall–Kier alpha value is -3.86. The first kappa shape index (κ1) is 25.2. The van der Waals surface area contributed by atoms with Crippen LogP contribution in [0, 0.1) is 10.8 Å². The Bertz CT molecular complexity index is 1290. The van der Waals surface area contributed by atoms with Crippen molar-refractivity contribution in [1.29, 1.82) is 5.41 Å². The normalized spacial score (nSPS) is 16.1. The minimum Gasteiger partial charge on any atom is -0.458 e. The van der Waals surface area contributed by atoms with Gasteiger partial charge in [0.15, 0.2) is 5.82 Å². The highest BCUT2D eigenvalue weighted by atomic mass is 32.1. The molecule has 188 valence electrons. The molecule has 3 aromatic rings. The number of benzene rings is 1. The molecule has 11 heteroatoms. The molecule has 1 unspecified atom stereocenters. The number of carbonyl (C=O) groups excluding carboxylic acids is 3. The summed E-state index contributed by atoms with van der Waals surface area (Å²) in [7, 11) is 0. The molecule has 36 heavy (non-hydrogen) atoms. The molecule has 4 rings (SSSR count). The van der Waals surface area contributed by atoms with Crippen LogP contribution < -0.4 is 10.5 Å². The number of hydrogen-bond donors (Lipinski definition) is 2. The zero-order valence-electron chi connectivity index (χ0n) is 20.4. The Morgan fingerprint density at radius 3 is 2.56 bits per heavy atom. The van der Waals surface area contributed by atoms with Gasteiger partial charge >= 0.3 is 6.01 Å². The standard InChI is InChI=1S/C25H28N6O4S/c1-25(2,3)23(34)30-13-17(10-11-19(30)32)21-28-24(31(29-21)22(33)18-5-4-12-36-18)35-14-15-6-8-16(9-7-15)20(26)27/h4-9,12,17H,10-11,13-14H2,1-3H3,(H3,26,27). The number of rotatable bonds is 6. The van der Waals surface area contributed by atoms with Gasteiger partial charge in [-0.2, -0.15) is 4.98 Å². The molecule has 1 atom stereocenters. The second-order valence-electron chi connectivity index (χ2n) is 9.64. The quantitative estimate of drug-likeness (QED) is 0.384. The fourth-order valence-corrected chi connectivity index (χ4v) is 4.45. The average molecular weight is 509 g/mol. The summed E-state index contributed by atoms with van der Waals surface area (Å²) >= 11 is 1.28. The molecule has 1 fully saturated rings. The van der Waals surface area contributed by atoms with Crippen LogP contribution in [0.4, 0.5) is 0 Å². The lowest BCUT2D eigenvalue weighted by atomic mass is 9.90. The molecule has 0 saturated carbocycles. The molecular weight excluding hydrogens is 480 g/mol. The number of aromatic nitrogens is 3. The van der Waals surface area contributed by atoms with Crippen molar-refractivity contribution >= 4 is 34.9 Å². The highest BCUT2D eigenvalue weighted by molar-refractivity contribution is 7.12. The number of nitrogens with zero attached hydrogens (tertiary/aromatic N) is 4. The van der Waals surface area contributed by atoms with E-state index < -0.39 is 5.41 Å². The Morgan fingerprint density at radius 2 is 1.94 bits per heavy atom. The molecule has 2 amide bonds. The molecule has 1 saturated heterocycles. The van der Waals surface area contributed by atoms with E-state index in [1.54, 1.807) is 62.5 Å². The van der Waals surface area contributed by atoms with Crippen LogP contribution in [-0.2, 0) is 16.2 Å². The lowest BCUT2D eigenvalue weighted by Gasteiger charge is -2.33. The maximum Gasteiger partial charge on any atom is 0.323 e. The van der Waals surface area contributed by atoms with Crippen molar-refractivity contribution in [3.63, 3.8) is 0 Å². The Morgan fingerprint density at radius 1 is 1.22 bits per heavy atom. The number of amidine groups is 1. The van der Waals surface area contributed by atoms with Crippen LogP contribution in [0.1, 0.15) is 66.2 Å². The number of nitrogens with two attached hydrogens (primary N) is 1. The minimum absolute atomic E-state index is 0.0293. The van der Waals surface area contributed by atoms with E-state index in [2.05, 4.69) is 10.1 Å². The van der Waals surface area contributed by atoms with Gasteiger partial charge in [0.05, 0.1) is 4.88 Å². The number of carbonyl (C=O) groups is 3. The zero-order chi connectivity index (χ0) is 26.0. The van der Waals surface area contributed by atoms with Crippen molar-refractivity contribution in [2.75, 3.05) is 6.54 Å². The average Bonchev–Trinajstić information content (AvgIpc) is 3.52. The first-order valence-electron chi connectivity index (χ1n) is 11.5. The number of thiophene rings is 1. The van der Waals surface area contributed by atoms with Crippen molar-refractivity contribution < 1.29 is 19.1 Å². The molecule has 10 nitrogen and oxygen atoms in total. The molecule has 2 aromatic heterocycles. The number of nitrogen functional groups attached to an aromatic ring is 1. The van der Waals surface area contributed by atoms with E-state index in [0.29, 0.717) is 22.7 Å². The van der Waals surface area contributed by atoms with Crippen LogP contribution in [0.2, 0.25) is 0 Å². The van der Waals surface area contributed by atoms with E-state index in [4.69, 9.17) is 15.9 Å². The first-order valence-corrected chi connectivity index (χ1v) is 12.4. The minimum atomic E-state index is -0.703. The summed E-state index contributed by atoms with van der Waals surface area (Å²) in [5, 5.41) is 13.8. The van der Waals surface area contributed by atoms with Crippen LogP contribution in [0.5, 0.6) is 6.01 Å². The summed E-state index contributed by atoms with van der Waals surface area (Å²) in [5.41, 5.74) is 6.20. The number of imide groups is 1. The predicted octanol–water partition coefficient (Wildman–Crippen LogP) is 3.17. The van der Waals surface area contributed by atoms with Crippen LogP contribution in [0.25, 0.3) is 0 Å². The molecule has 1 aromatic carbocycles. The lowest BCUT2D eigenvalue weighted by molar-refractivity contribution is -0.152. The Kier molecular flexibility index (Phi) is 7.02. The van der Waals surface area contributed by atoms with Crippen LogP contribution in [0.15, 0.2) is 41.8 Å². The first-order chi connectivity index (χ1) is 17.0. The molecule has 3 heterocycles. The number of amides is 2. The number of hydrogen-bond acceptors (Lipinski definition) is 8. The summed E-state index contributed by atoms with van der Waals surface area (Å²) in [4.78, 5) is 44.7. The summed E-state index contributed by atoms with van der Waals surface area (Å²) in [6.45, 7) is 5.58. The molecule has 1 aliphatic heterocycles. The van der Waals surface area contributed by atoms with E-state index in [9.17, 15) is 14.4 Å². The molecule has 3 N–H and O–H groups in total. The molecular formula is C25H28N6O4S. The van der Waals surface area contributed by atoms with Crippen molar-refractivity contribution in [3.8, 4) is 6.01 Å². The van der Waals surface area contributed by atoms with Gasteiger partial charge in [0.2, 0.25) is 11.8 Å². The van der Waals surface area contributed by atoms with Crippen molar-refractivity contribution in [3.05, 3.63) is 63.6 Å². The van der Waals surface area contributed by atoms with Gasteiger partial charge in [-0.15, -0.1) is 21.1 Å². The van der Waals surface area contributed by atoms with E-state index in [1.807, 2.05) is 0 Å². The zero-order valence-corrected chi connectivity index (χ0v) is 21.2. The third kappa shape index (κ3) is 5.35. The smallest absolute Gasteiger partial charge is 0.323 e. The number of nitrogens with one attached hydrogen (secondary N) is 1. The lowest BCUT2D eigenvalue weighted by Crippen LogP contribution is -2.48. The number of piperidine rings is 1. The van der Waals surface area contributed by atoms with Gasteiger partial charge < -0.3 is 10.5 Å². The molecule has 0 bridgehead atoms. The SMILES string of the molecule is CC(C)(C)C(=O)N1CC(c2nc(OCc3ccc(C(=N)N)cc3)n(C(=O)c3cccs3)n2)CCC1=O. The third-order valence-corrected chi connectivity index (χ3v) is 6.67. The monoisotopic (exact) mass is 508 g/mol. The van der Waals surface area contributed by atoms with Crippen LogP contribution in [-0.4, -0.2) is 49.8 Å². The van der Waals surface area contributed by atoms with Crippen molar-refractivity contribution in [1.82, 2.24) is 19.7 Å². The van der Waals surface area contributed by atoms with Gasteiger partial charge in [-0.1, -0.05) is 51.1 Å². The highest BCUT2D eigenvalue weighted by Gasteiger charge is 2.38. The van der Waals surface area contributed by atoms with E-state index >= 15 is 0 Å². The second-order valence-corrected chi connectivity index (χ2v) is 10.6. The topological polar surface area (TPSA) is 144 Å². The third-order valence-electron chi connectivity index (χ3n) is 5.81. The Balaban J connectivity index is 1.60. The molecule has 0 spiro atoms. The van der Waals surface area contributed by atoms with Crippen molar-refractivity contribution in [2.45, 2.75) is 46.1 Å². The van der Waals surface area contributed by atoms with E-state index in [0.717, 1.165) is 10.2 Å². The number of likely N-dealkylation sites (tertiary alicyclic amines) is 1. The largest absolute Gasteiger partial charge is 0.458 e. The van der Waals surface area contributed by atoms with Gasteiger partial charge in [-0.25, -0.2) is 0 Å². The van der Waals surface area contributed by atoms with Gasteiger partial charge in [-0.3, -0.25) is 24.7 Å². The van der Waals surface area contributed by atoms with Crippen LogP contribution >= 0.6 is 11.3 Å². The molecule has 0 aliphatic carbocycles. The van der Waals surface area contributed by atoms with E-state index in [1.165, 1.54) is 16.2 Å². The summed E-state index contributed by atoms with van der Waals surface area (Å²) in [6, 6.07) is 10.5. The fraction of sp³-hybridized carbons (Fsp3) is 0.360. The van der Waals surface area contributed by atoms with Gasteiger partial charge in [0.25, 0.3) is 5.91 Å². The van der Waals surface area contributed by atoms with E-state index in [-0.39, 0.29) is 55.1 Å². The summed E-state index contributed by atoms with van der Waals surface area (Å²) in [5.74, 6) is -0.842. The van der Waals surface area contributed by atoms with Gasteiger partial charge in [0.1, 0.15) is 12.4 Å². The van der Waals surface area contributed by atoms with Gasteiger partial charge in [-0.05, 0) is 23.4 Å². The maximum absolute atomic E-state index is 13.1. The maximum atomic E-state index is 13.1. The highest BCUT2D eigenvalue weighted by Crippen LogP contribution is 2.30. The Labute approximate surface area is 212 Å². The number of ether oxygens (including phenoxy) is 1. The molecule has 1 aliphatic rings. The van der Waals surface area contributed by atoms with Gasteiger partial charge in [0, 0.05) is 29.9 Å². The van der Waals surface area contributed by atoms with Crippen molar-refractivity contribution in [2.24, 2.45) is 11.1 Å². The molecule has 0 radical (unpaired) electrons. The second kappa shape index (κ2) is 10.0. The summed E-state index contributed by atoms with van der Waals surface area (Å²) in [6.07, 6.45) is 0.661.